The molecule has 4 rings (SSSR count). The van der Waals surface area contributed by atoms with Gasteiger partial charge in [0.05, 0.1) is 6.61 Å². The molecule has 0 aromatic heterocycles. The summed E-state index contributed by atoms with van der Waals surface area (Å²) in [7, 11) is 0. The van der Waals surface area contributed by atoms with Crippen molar-refractivity contribution >= 4 is 5.91 Å². The van der Waals surface area contributed by atoms with E-state index >= 15 is 0 Å². The van der Waals surface area contributed by atoms with E-state index in [1.54, 1.807) is 0 Å². The zero-order valence-corrected chi connectivity index (χ0v) is 15.8. The summed E-state index contributed by atoms with van der Waals surface area (Å²) < 4.78 is 0. The monoisotopic (exact) mass is 356 g/mol. The van der Waals surface area contributed by atoms with Crippen LogP contribution in [0.4, 0.5) is 0 Å². The zero-order chi connectivity index (χ0) is 17.9. The lowest BCUT2D eigenvalue weighted by Crippen LogP contribution is -2.48. The second-order valence-electron chi connectivity index (χ2n) is 8.52. The highest BCUT2D eigenvalue weighted by Crippen LogP contribution is 2.31. The minimum Gasteiger partial charge on any atom is -0.392 e. The Morgan fingerprint density at radius 3 is 2.50 bits per heavy atom. The maximum absolute atomic E-state index is 12.4. The standard InChI is InChI=1S/C22H32N2O2/c25-16-19-4-1-3-17(14-19)13-18-7-10-24(15-18)21-8-11-23(12-9-21)22(26)20-5-2-6-20/h1,3-4,14,18,20-21,25H,2,5-13,15-16H2. The fourth-order valence-corrected chi connectivity index (χ4v) is 4.91. The van der Waals surface area contributed by atoms with E-state index in [0.29, 0.717) is 17.9 Å². The van der Waals surface area contributed by atoms with E-state index in [4.69, 9.17) is 0 Å². The number of carbonyl (C=O) groups is 1. The molecule has 2 saturated heterocycles. The van der Waals surface area contributed by atoms with Crippen LogP contribution in [0.25, 0.3) is 0 Å². The maximum atomic E-state index is 12.4. The van der Waals surface area contributed by atoms with Crippen LogP contribution >= 0.6 is 0 Å². The summed E-state index contributed by atoms with van der Waals surface area (Å²) >= 11 is 0. The van der Waals surface area contributed by atoms with Crippen molar-refractivity contribution in [3.63, 3.8) is 0 Å². The van der Waals surface area contributed by atoms with E-state index in [0.717, 1.165) is 56.7 Å². The molecule has 3 aliphatic rings. The van der Waals surface area contributed by atoms with E-state index in [1.807, 2.05) is 6.07 Å². The van der Waals surface area contributed by atoms with Gasteiger partial charge in [-0.05, 0) is 62.1 Å². The number of piperidine rings is 1. The third-order valence-electron chi connectivity index (χ3n) is 6.76. The smallest absolute Gasteiger partial charge is 0.225 e. The molecular formula is C22H32N2O2. The van der Waals surface area contributed by atoms with Gasteiger partial charge in [0.15, 0.2) is 0 Å². The first-order valence-electron chi connectivity index (χ1n) is 10.4. The first kappa shape index (κ1) is 18.0. The number of nitrogens with zero attached hydrogens (tertiary/aromatic N) is 2. The van der Waals surface area contributed by atoms with Crippen molar-refractivity contribution in [3.05, 3.63) is 35.4 Å². The second kappa shape index (κ2) is 8.10. The van der Waals surface area contributed by atoms with Gasteiger partial charge in [-0.1, -0.05) is 30.7 Å². The molecule has 1 N–H and O–H groups in total. The Hall–Kier alpha value is -1.39. The van der Waals surface area contributed by atoms with E-state index < -0.39 is 0 Å². The number of aliphatic hydroxyl groups is 1. The number of aliphatic hydroxyl groups excluding tert-OH is 1. The summed E-state index contributed by atoms with van der Waals surface area (Å²) in [6.07, 6.45) is 8.14. The first-order valence-corrected chi connectivity index (χ1v) is 10.4. The Morgan fingerprint density at radius 1 is 1.04 bits per heavy atom. The summed E-state index contributed by atoms with van der Waals surface area (Å²) in [5.74, 6) is 1.49. The summed E-state index contributed by atoms with van der Waals surface area (Å²) in [4.78, 5) is 17.2. The molecule has 1 amide bonds. The molecular weight excluding hydrogens is 324 g/mol. The first-order chi connectivity index (χ1) is 12.7. The third-order valence-corrected chi connectivity index (χ3v) is 6.76. The minimum absolute atomic E-state index is 0.128. The molecule has 2 aliphatic heterocycles. The fraction of sp³-hybridized carbons (Fsp3) is 0.682. The Kier molecular flexibility index (Phi) is 5.60. The Morgan fingerprint density at radius 2 is 1.81 bits per heavy atom. The predicted molar refractivity (Wildman–Crippen MR) is 103 cm³/mol. The molecule has 3 fully saturated rings. The number of amides is 1. The van der Waals surface area contributed by atoms with E-state index in [2.05, 4.69) is 28.0 Å². The summed E-state index contributed by atoms with van der Waals surface area (Å²) in [5.41, 5.74) is 2.37. The van der Waals surface area contributed by atoms with E-state index in [9.17, 15) is 9.90 Å². The van der Waals surface area contributed by atoms with Crippen LogP contribution < -0.4 is 0 Å². The molecule has 4 heteroatoms. The van der Waals surface area contributed by atoms with Gasteiger partial charge in [-0.25, -0.2) is 0 Å². The Labute approximate surface area is 157 Å². The average Bonchev–Trinajstić information content (AvgIpc) is 3.09. The van der Waals surface area contributed by atoms with Crippen molar-refractivity contribution in [3.8, 4) is 0 Å². The lowest BCUT2D eigenvalue weighted by molar-refractivity contribution is -0.139. The van der Waals surface area contributed by atoms with Gasteiger partial charge in [0.1, 0.15) is 0 Å². The molecule has 1 aromatic rings. The lowest BCUT2D eigenvalue weighted by Gasteiger charge is -2.39. The van der Waals surface area contributed by atoms with Gasteiger partial charge in [-0.3, -0.25) is 9.69 Å². The third kappa shape index (κ3) is 3.96. The number of carbonyl (C=O) groups excluding carboxylic acids is 1. The van der Waals surface area contributed by atoms with Gasteiger partial charge in [0, 0.05) is 31.6 Å². The highest BCUT2D eigenvalue weighted by molar-refractivity contribution is 5.79. The van der Waals surface area contributed by atoms with E-state index in [1.165, 1.54) is 31.5 Å². The molecule has 142 valence electrons. The average molecular weight is 357 g/mol. The van der Waals surface area contributed by atoms with Crippen LogP contribution in [0.15, 0.2) is 24.3 Å². The van der Waals surface area contributed by atoms with Crippen LogP contribution in [0, 0.1) is 11.8 Å². The minimum atomic E-state index is 0.128. The van der Waals surface area contributed by atoms with Gasteiger partial charge in [0.25, 0.3) is 0 Å². The van der Waals surface area contributed by atoms with Crippen LogP contribution in [-0.4, -0.2) is 53.0 Å². The second-order valence-corrected chi connectivity index (χ2v) is 8.52. The van der Waals surface area contributed by atoms with Crippen LogP contribution in [0.1, 0.15) is 49.7 Å². The van der Waals surface area contributed by atoms with Crippen molar-refractivity contribution in [1.29, 1.82) is 0 Å². The molecule has 0 bridgehead atoms. The molecule has 2 heterocycles. The highest BCUT2D eigenvalue weighted by atomic mass is 16.3. The molecule has 1 aromatic carbocycles. The summed E-state index contributed by atoms with van der Waals surface area (Å²) in [5, 5.41) is 9.31. The van der Waals surface area contributed by atoms with Gasteiger partial charge in [-0.15, -0.1) is 0 Å². The number of hydrogen-bond donors (Lipinski definition) is 1. The van der Waals surface area contributed by atoms with Crippen molar-refractivity contribution in [2.45, 2.75) is 57.6 Å². The molecule has 26 heavy (non-hydrogen) atoms. The van der Waals surface area contributed by atoms with Crippen LogP contribution in [0.2, 0.25) is 0 Å². The molecule has 1 atom stereocenters. The molecule has 0 spiro atoms. The van der Waals surface area contributed by atoms with E-state index in [-0.39, 0.29) is 6.61 Å². The Bertz CT molecular complexity index is 620. The van der Waals surface area contributed by atoms with Crippen molar-refractivity contribution < 1.29 is 9.90 Å². The lowest BCUT2D eigenvalue weighted by atomic mass is 9.84. The molecule has 1 aliphatic carbocycles. The van der Waals surface area contributed by atoms with Crippen molar-refractivity contribution in [1.82, 2.24) is 9.80 Å². The Balaban J connectivity index is 1.24. The van der Waals surface area contributed by atoms with Crippen molar-refractivity contribution in [2.75, 3.05) is 26.2 Å². The molecule has 1 saturated carbocycles. The quantitative estimate of drug-likeness (QED) is 0.882. The zero-order valence-electron chi connectivity index (χ0n) is 15.8. The number of rotatable bonds is 5. The normalized spacial score (nSPS) is 25.4. The number of likely N-dealkylation sites (tertiary alicyclic amines) is 2. The van der Waals surface area contributed by atoms with Crippen LogP contribution in [0.5, 0.6) is 0 Å². The molecule has 1 unspecified atom stereocenters. The topological polar surface area (TPSA) is 43.8 Å². The van der Waals surface area contributed by atoms with Gasteiger partial charge < -0.3 is 10.0 Å². The maximum Gasteiger partial charge on any atom is 0.225 e. The van der Waals surface area contributed by atoms with Gasteiger partial charge >= 0.3 is 0 Å². The fourth-order valence-electron chi connectivity index (χ4n) is 4.91. The summed E-state index contributed by atoms with van der Waals surface area (Å²) in [6.45, 7) is 4.43. The van der Waals surface area contributed by atoms with Gasteiger partial charge in [0.2, 0.25) is 5.91 Å². The van der Waals surface area contributed by atoms with Crippen LogP contribution in [-0.2, 0) is 17.8 Å². The highest BCUT2D eigenvalue weighted by Gasteiger charge is 2.34. The van der Waals surface area contributed by atoms with Crippen molar-refractivity contribution in [2.24, 2.45) is 11.8 Å². The SMILES string of the molecule is O=C(C1CCC1)N1CCC(N2CCC(Cc3cccc(CO)c3)C2)CC1. The molecule has 4 nitrogen and oxygen atoms in total. The molecule has 0 radical (unpaired) electrons. The largest absolute Gasteiger partial charge is 0.392 e. The van der Waals surface area contributed by atoms with Crippen LogP contribution in [0.3, 0.4) is 0 Å². The summed E-state index contributed by atoms with van der Waals surface area (Å²) in [6, 6.07) is 9.04. The number of benzene rings is 1. The number of hydrogen-bond acceptors (Lipinski definition) is 3. The predicted octanol–water partition coefficient (Wildman–Crippen LogP) is 2.83. The van der Waals surface area contributed by atoms with Gasteiger partial charge in [-0.2, -0.15) is 0 Å².